The highest BCUT2D eigenvalue weighted by molar-refractivity contribution is 7.16. The van der Waals surface area contributed by atoms with E-state index in [-0.39, 0.29) is 17.5 Å². The molecule has 2 aliphatic rings. The molecule has 5 rings (SSSR count). The number of hydrogen-bond acceptors (Lipinski definition) is 6. The summed E-state index contributed by atoms with van der Waals surface area (Å²) in [7, 11) is 1.57. The van der Waals surface area contributed by atoms with Gasteiger partial charge in [0, 0.05) is 40.0 Å². The lowest BCUT2D eigenvalue weighted by Crippen LogP contribution is -2.19. The Morgan fingerprint density at radius 3 is 2.70 bits per heavy atom. The summed E-state index contributed by atoms with van der Waals surface area (Å²) in [5, 5.41) is 14.2. The van der Waals surface area contributed by atoms with Gasteiger partial charge in [-0.25, -0.2) is 10.2 Å². The zero-order chi connectivity index (χ0) is 23.3. The molecule has 0 bridgehead atoms. The second kappa shape index (κ2) is 8.15. The summed E-state index contributed by atoms with van der Waals surface area (Å²) in [5.74, 6) is -0.872. The predicted octanol–water partition coefficient (Wildman–Crippen LogP) is 3.95. The van der Waals surface area contributed by atoms with Crippen molar-refractivity contribution in [1.82, 2.24) is 9.99 Å². The van der Waals surface area contributed by atoms with Gasteiger partial charge in [-0.3, -0.25) is 9.59 Å². The minimum Gasteiger partial charge on any atom is -0.494 e. The van der Waals surface area contributed by atoms with Crippen LogP contribution in [0.2, 0.25) is 0 Å². The molecule has 0 spiro atoms. The van der Waals surface area contributed by atoms with Gasteiger partial charge in [0.15, 0.2) is 5.75 Å². The lowest BCUT2D eigenvalue weighted by atomic mass is 9.96. The summed E-state index contributed by atoms with van der Waals surface area (Å²) in [6, 6.07) is 5.75. The molecule has 1 fully saturated rings. The van der Waals surface area contributed by atoms with E-state index in [2.05, 4.69) is 16.6 Å². The third kappa shape index (κ3) is 3.72. The van der Waals surface area contributed by atoms with Gasteiger partial charge in [0.25, 0.3) is 0 Å². The summed E-state index contributed by atoms with van der Waals surface area (Å²) in [5.41, 5.74) is 5.17. The van der Waals surface area contributed by atoms with E-state index in [9.17, 15) is 19.5 Å². The lowest BCUT2D eigenvalue weighted by molar-refractivity contribution is -0.118. The molecule has 3 aromatic rings. The molecule has 1 aromatic carbocycles. The number of rotatable bonds is 5. The summed E-state index contributed by atoms with van der Waals surface area (Å²) in [6.45, 7) is 1.43. The Morgan fingerprint density at radius 2 is 2.03 bits per heavy atom. The van der Waals surface area contributed by atoms with Crippen LogP contribution in [-0.4, -0.2) is 34.4 Å². The number of aromatic carboxylic acids is 1. The molecule has 8 nitrogen and oxygen atoms in total. The van der Waals surface area contributed by atoms with E-state index in [1.54, 1.807) is 24.5 Å². The predicted molar refractivity (Wildman–Crippen MR) is 127 cm³/mol. The average molecular weight is 466 g/mol. The molecule has 0 aliphatic heterocycles. The van der Waals surface area contributed by atoms with Crippen molar-refractivity contribution < 1.29 is 19.4 Å². The number of carboxylic acid groups (broad SMARTS) is 1. The van der Waals surface area contributed by atoms with E-state index in [4.69, 9.17) is 4.74 Å². The van der Waals surface area contributed by atoms with Crippen molar-refractivity contribution in [1.29, 1.82) is 0 Å². The molecular formula is C24H23N3O5S. The summed E-state index contributed by atoms with van der Waals surface area (Å²) < 4.78 is 7.73. The zero-order valence-corrected chi connectivity index (χ0v) is 19.1. The average Bonchev–Trinajstić information content (AvgIpc) is 3.54. The number of hydrazone groups is 1. The zero-order valence-electron chi connectivity index (χ0n) is 18.3. The number of nitrogens with one attached hydrogen (secondary N) is 1. The molecule has 2 heterocycles. The topological polar surface area (TPSA) is 110 Å². The van der Waals surface area contributed by atoms with E-state index < -0.39 is 11.4 Å². The van der Waals surface area contributed by atoms with Crippen molar-refractivity contribution >= 4 is 39.8 Å². The van der Waals surface area contributed by atoms with Crippen molar-refractivity contribution in [2.24, 2.45) is 5.10 Å². The number of benzene rings is 1. The van der Waals surface area contributed by atoms with Crippen molar-refractivity contribution in [2.45, 2.75) is 45.1 Å². The van der Waals surface area contributed by atoms with Gasteiger partial charge >= 0.3 is 5.97 Å². The second-order valence-electron chi connectivity index (χ2n) is 8.39. The van der Waals surface area contributed by atoms with Gasteiger partial charge in [-0.1, -0.05) is 0 Å². The van der Waals surface area contributed by atoms with Crippen LogP contribution in [0.15, 0.2) is 34.3 Å². The van der Waals surface area contributed by atoms with Crippen molar-refractivity contribution in [3.05, 3.63) is 50.6 Å². The molecule has 1 amide bonds. The van der Waals surface area contributed by atoms with Gasteiger partial charge in [-0.05, 0) is 50.3 Å². The normalized spacial score (nSPS) is 16.6. The van der Waals surface area contributed by atoms with Gasteiger partial charge in [0.2, 0.25) is 11.3 Å². The van der Waals surface area contributed by atoms with Crippen LogP contribution in [0.3, 0.4) is 0 Å². The fourth-order valence-corrected chi connectivity index (χ4v) is 5.66. The van der Waals surface area contributed by atoms with Crippen LogP contribution in [0.4, 0.5) is 0 Å². The number of aromatic nitrogens is 1. The Balaban J connectivity index is 1.71. The molecule has 9 heteroatoms. The first-order valence-corrected chi connectivity index (χ1v) is 11.7. The number of pyridine rings is 1. The van der Waals surface area contributed by atoms with Gasteiger partial charge in [0.1, 0.15) is 5.56 Å². The molecule has 1 saturated carbocycles. The maximum absolute atomic E-state index is 12.9. The van der Waals surface area contributed by atoms with Crippen LogP contribution in [0.5, 0.6) is 5.75 Å². The minimum atomic E-state index is -1.23. The van der Waals surface area contributed by atoms with E-state index in [1.165, 1.54) is 18.0 Å². The third-order valence-corrected chi connectivity index (χ3v) is 7.30. The molecule has 0 radical (unpaired) electrons. The highest BCUT2D eigenvalue weighted by Gasteiger charge is 2.30. The maximum Gasteiger partial charge on any atom is 0.341 e. The van der Waals surface area contributed by atoms with Crippen LogP contribution in [0.1, 0.15) is 59.4 Å². The third-order valence-electron chi connectivity index (χ3n) is 6.07. The number of carbonyl (C=O) groups excluding carboxylic acids is 1. The van der Waals surface area contributed by atoms with Crippen LogP contribution in [0.25, 0.3) is 21.3 Å². The molecule has 0 unspecified atom stereocenters. The molecular weight excluding hydrogens is 442 g/mol. The maximum atomic E-state index is 12.9. The summed E-state index contributed by atoms with van der Waals surface area (Å²) in [6.07, 6.45) is 6.00. The fourth-order valence-electron chi connectivity index (χ4n) is 4.42. The quantitative estimate of drug-likeness (QED) is 0.555. The first kappa shape index (κ1) is 21.4. The van der Waals surface area contributed by atoms with E-state index in [1.807, 2.05) is 10.6 Å². The molecule has 0 atom stereocenters. The Bertz CT molecular complexity index is 1400. The molecule has 2 N–H and O–H groups in total. The number of thiophene rings is 1. The Hall–Kier alpha value is -3.46. The Morgan fingerprint density at radius 1 is 1.24 bits per heavy atom. The largest absolute Gasteiger partial charge is 0.494 e. The SMILES string of the molecule is COc1c(-c2cc3c(s2)CCCC3=NNC(C)=O)ccc2c(=O)c(C(=O)O)cn(C3CC3)c12. The van der Waals surface area contributed by atoms with Crippen molar-refractivity contribution in [3.8, 4) is 16.2 Å². The standard InChI is InChI=1S/C24H23N3O5S/c1-12(28)25-26-18-4-3-5-19-16(18)10-20(33-19)14-8-9-15-21(23(14)32-2)27(13-6-7-13)11-17(22(15)29)24(30)31/h8-11,13H,3-7H2,1-2H3,(H,25,28)(H,30,31). The van der Waals surface area contributed by atoms with Crippen molar-refractivity contribution in [3.63, 3.8) is 0 Å². The van der Waals surface area contributed by atoms with Crippen LogP contribution in [-0.2, 0) is 11.2 Å². The smallest absolute Gasteiger partial charge is 0.341 e. The summed E-state index contributed by atoms with van der Waals surface area (Å²) in [4.78, 5) is 38.1. The van der Waals surface area contributed by atoms with E-state index >= 15 is 0 Å². The number of hydrogen-bond donors (Lipinski definition) is 2. The highest BCUT2D eigenvalue weighted by atomic mass is 32.1. The molecule has 2 aromatic heterocycles. The summed E-state index contributed by atoms with van der Waals surface area (Å²) >= 11 is 1.65. The van der Waals surface area contributed by atoms with E-state index in [0.29, 0.717) is 16.7 Å². The van der Waals surface area contributed by atoms with Crippen LogP contribution < -0.4 is 15.6 Å². The monoisotopic (exact) mass is 465 g/mol. The molecule has 0 saturated heterocycles. The first-order chi connectivity index (χ1) is 15.9. The number of carbonyl (C=O) groups is 2. The Labute approximate surface area is 193 Å². The van der Waals surface area contributed by atoms with Gasteiger partial charge in [-0.2, -0.15) is 5.10 Å². The molecule has 33 heavy (non-hydrogen) atoms. The highest BCUT2D eigenvalue weighted by Crippen LogP contribution is 2.45. The van der Waals surface area contributed by atoms with Crippen molar-refractivity contribution in [2.75, 3.05) is 7.11 Å². The van der Waals surface area contributed by atoms with Gasteiger partial charge < -0.3 is 14.4 Å². The number of aryl methyl sites for hydroxylation is 1. The first-order valence-electron chi connectivity index (χ1n) is 10.8. The minimum absolute atomic E-state index is 0.156. The Kier molecular flexibility index (Phi) is 5.28. The number of methoxy groups -OCH3 is 1. The number of nitrogens with zero attached hydrogens (tertiary/aromatic N) is 2. The van der Waals surface area contributed by atoms with Gasteiger partial charge in [-0.15, -0.1) is 11.3 Å². The molecule has 2 aliphatic carbocycles. The van der Waals surface area contributed by atoms with Crippen LogP contribution in [0, 0.1) is 0 Å². The van der Waals surface area contributed by atoms with E-state index in [0.717, 1.165) is 53.8 Å². The fraction of sp³-hybridized carbons (Fsp3) is 0.333. The van der Waals surface area contributed by atoms with Crippen LogP contribution >= 0.6 is 11.3 Å². The second-order valence-corrected chi connectivity index (χ2v) is 9.52. The lowest BCUT2D eigenvalue weighted by Gasteiger charge is -2.17. The number of amides is 1. The van der Waals surface area contributed by atoms with Gasteiger partial charge in [0.05, 0.1) is 23.7 Å². The number of carboxylic acids is 1. The number of fused-ring (bicyclic) bond motifs is 2. The molecule has 170 valence electrons. The number of ether oxygens (including phenoxy) is 1.